The van der Waals surface area contributed by atoms with Crippen molar-refractivity contribution in [2.24, 2.45) is 0 Å². The van der Waals surface area contributed by atoms with Crippen LogP contribution in [0.4, 0.5) is 5.69 Å². The number of carbonyl (C=O) groups excluding carboxylic acids is 1. The van der Waals surface area contributed by atoms with E-state index in [1.165, 1.54) is 0 Å². The number of hydrogen-bond donors (Lipinski definition) is 1. The molecule has 0 unspecified atom stereocenters. The smallest absolute Gasteiger partial charge is 0.255 e. The summed E-state index contributed by atoms with van der Waals surface area (Å²) in [5.74, 6) is -0.276. The minimum Gasteiger partial charge on any atom is -0.322 e. The van der Waals surface area contributed by atoms with Crippen LogP contribution in [0.1, 0.15) is 15.9 Å². The number of benzene rings is 4. The molecule has 1 amide bonds. The lowest BCUT2D eigenvalue weighted by molar-refractivity contribution is 0.102. The van der Waals surface area contributed by atoms with Gasteiger partial charge >= 0.3 is 0 Å². The van der Waals surface area contributed by atoms with E-state index < -0.39 is 0 Å². The van der Waals surface area contributed by atoms with Crippen LogP contribution in [-0.2, 0) is 0 Å². The molecule has 0 saturated heterocycles. The van der Waals surface area contributed by atoms with E-state index in [-0.39, 0.29) is 5.91 Å². The molecular formula is C28H18N4O. The van der Waals surface area contributed by atoms with Gasteiger partial charge in [-0.25, -0.2) is 9.97 Å². The third-order valence-corrected chi connectivity index (χ3v) is 5.27. The molecule has 0 radical (unpaired) electrons. The Balaban J connectivity index is 1.58. The maximum absolute atomic E-state index is 12.9. The lowest BCUT2D eigenvalue weighted by Gasteiger charge is -2.11. The van der Waals surface area contributed by atoms with Crippen molar-refractivity contribution in [1.82, 2.24) is 9.97 Å². The highest BCUT2D eigenvalue weighted by molar-refractivity contribution is 6.06. The predicted molar refractivity (Wildman–Crippen MR) is 130 cm³/mol. The van der Waals surface area contributed by atoms with Gasteiger partial charge in [0.2, 0.25) is 0 Å². The summed E-state index contributed by atoms with van der Waals surface area (Å²) >= 11 is 0. The van der Waals surface area contributed by atoms with Crippen LogP contribution in [0.25, 0.3) is 33.5 Å². The summed E-state index contributed by atoms with van der Waals surface area (Å²) in [6.45, 7) is 0. The van der Waals surface area contributed by atoms with Gasteiger partial charge in [0.05, 0.1) is 34.1 Å². The molecule has 5 aromatic rings. The Labute approximate surface area is 191 Å². The van der Waals surface area contributed by atoms with E-state index in [0.717, 1.165) is 22.5 Å². The Morgan fingerprint density at radius 2 is 1.33 bits per heavy atom. The molecule has 5 nitrogen and oxygen atoms in total. The third-order valence-electron chi connectivity index (χ3n) is 5.27. The SMILES string of the molecule is N#Cc1cccc(NC(=O)c2ccc3nc(-c4ccccc4)c(-c4ccccc4)nc3c2)c1. The zero-order chi connectivity index (χ0) is 22.6. The molecule has 1 aromatic heterocycles. The van der Waals surface area contributed by atoms with Crippen molar-refractivity contribution >= 4 is 22.6 Å². The Kier molecular flexibility index (Phi) is 5.32. The van der Waals surface area contributed by atoms with Crippen LogP contribution in [0.5, 0.6) is 0 Å². The van der Waals surface area contributed by atoms with Gasteiger partial charge in [-0.15, -0.1) is 0 Å². The number of nitrogens with zero attached hydrogens (tertiary/aromatic N) is 3. The number of rotatable bonds is 4. The molecule has 1 heterocycles. The van der Waals surface area contributed by atoms with Crippen LogP contribution < -0.4 is 5.32 Å². The fraction of sp³-hybridized carbons (Fsp3) is 0. The summed E-state index contributed by atoms with van der Waals surface area (Å²) in [6, 6.07) is 34.0. The molecule has 1 N–H and O–H groups in total. The van der Waals surface area contributed by atoms with Crippen LogP contribution in [0.3, 0.4) is 0 Å². The molecule has 0 aliphatic rings. The standard InChI is InChI=1S/C28H18N4O/c29-18-19-8-7-13-23(16-19)30-28(33)22-14-15-24-25(17-22)32-27(21-11-5-2-6-12-21)26(31-24)20-9-3-1-4-10-20/h1-17H,(H,30,33). The van der Waals surface area contributed by atoms with Gasteiger partial charge in [0.25, 0.3) is 5.91 Å². The van der Waals surface area contributed by atoms with Gasteiger partial charge in [-0.3, -0.25) is 4.79 Å². The summed E-state index contributed by atoms with van der Waals surface area (Å²) in [4.78, 5) is 22.7. The summed E-state index contributed by atoms with van der Waals surface area (Å²) in [5.41, 5.74) is 6.33. The molecule has 0 fully saturated rings. The van der Waals surface area contributed by atoms with Crippen molar-refractivity contribution in [3.8, 4) is 28.6 Å². The number of hydrogen-bond acceptors (Lipinski definition) is 4. The van der Waals surface area contributed by atoms with Gasteiger partial charge < -0.3 is 5.32 Å². The summed E-state index contributed by atoms with van der Waals surface area (Å²) in [6.07, 6.45) is 0. The lowest BCUT2D eigenvalue weighted by Crippen LogP contribution is -2.12. The fourth-order valence-electron chi connectivity index (χ4n) is 3.66. The van der Waals surface area contributed by atoms with E-state index in [9.17, 15) is 4.79 Å². The molecule has 156 valence electrons. The number of fused-ring (bicyclic) bond motifs is 1. The number of aromatic nitrogens is 2. The van der Waals surface area contributed by atoms with E-state index in [1.54, 1.807) is 36.4 Å². The quantitative estimate of drug-likeness (QED) is 0.377. The number of nitrogens with one attached hydrogen (secondary N) is 1. The van der Waals surface area contributed by atoms with Crippen LogP contribution in [0.15, 0.2) is 103 Å². The minimum atomic E-state index is -0.276. The van der Waals surface area contributed by atoms with Crippen LogP contribution in [0.2, 0.25) is 0 Å². The van der Waals surface area contributed by atoms with Crippen molar-refractivity contribution in [3.05, 3.63) is 114 Å². The molecule has 33 heavy (non-hydrogen) atoms. The largest absolute Gasteiger partial charge is 0.322 e. The second kappa shape index (κ2) is 8.74. The second-order valence-corrected chi connectivity index (χ2v) is 7.50. The van der Waals surface area contributed by atoms with Crippen molar-refractivity contribution < 1.29 is 4.79 Å². The average Bonchev–Trinajstić information content (AvgIpc) is 2.88. The molecular weight excluding hydrogens is 408 g/mol. The summed E-state index contributed by atoms with van der Waals surface area (Å²) in [5, 5.41) is 11.9. The first-order valence-electron chi connectivity index (χ1n) is 10.5. The number of nitriles is 1. The highest BCUT2D eigenvalue weighted by atomic mass is 16.1. The first-order valence-corrected chi connectivity index (χ1v) is 10.5. The number of anilines is 1. The third kappa shape index (κ3) is 4.18. The van der Waals surface area contributed by atoms with Gasteiger partial charge in [-0.05, 0) is 36.4 Å². The fourth-order valence-corrected chi connectivity index (χ4v) is 3.66. The Bertz CT molecular complexity index is 1510. The maximum atomic E-state index is 12.9. The second-order valence-electron chi connectivity index (χ2n) is 7.50. The highest BCUT2D eigenvalue weighted by Crippen LogP contribution is 2.31. The van der Waals surface area contributed by atoms with Crippen LogP contribution >= 0.6 is 0 Å². The molecule has 5 rings (SSSR count). The highest BCUT2D eigenvalue weighted by Gasteiger charge is 2.15. The Hall–Kier alpha value is -4.82. The monoisotopic (exact) mass is 426 g/mol. The topological polar surface area (TPSA) is 78.7 Å². The van der Waals surface area contributed by atoms with E-state index >= 15 is 0 Å². The molecule has 0 aliphatic carbocycles. The van der Waals surface area contributed by atoms with E-state index in [4.69, 9.17) is 15.2 Å². The van der Waals surface area contributed by atoms with Crippen LogP contribution in [0, 0.1) is 11.3 Å². The molecule has 0 aliphatic heterocycles. The molecule has 0 atom stereocenters. The Morgan fingerprint density at radius 3 is 1.97 bits per heavy atom. The van der Waals surface area contributed by atoms with Crippen molar-refractivity contribution in [3.63, 3.8) is 0 Å². The summed E-state index contributed by atoms with van der Waals surface area (Å²) < 4.78 is 0. The van der Waals surface area contributed by atoms with E-state index in [0.29, 0.717) is 27.8 Å². The molecule has 4 aromatic carbocycles. The van der Waals surface area contributed by atoms with Crippen molar-refractivity contribution in [1.29, 1.82) is 5.26 Å². The predicted octanol–water partition coefficient (Wildman–Crippen LogP) is 6.09. The van der Waals surface area contributed by atoms with E-state index in [2.05, 4.69) is 11.4 Å². The van der Waals surface area contributed by atoms with Gasteiger partial charge in [-0.1, -0.05) is 66.7 Å². The van der Waals surface area contributed by atoms with E-state index in [1.807, 2.05) is 66.7 Å². The van der Waals surface area contributed by atoms with Crippen molar-refractivity contribution in [2.75, 3.05) is 5.32 Å². The average molecular weight is 426 g/mol. The van der Waals surface area contributed by atoms with Gasteiger partial charge in [-0.2, -0.15) is 5.26 Å². The maximum Gasteiger partial charge on any atom is 0.255 e. The first kappa shape index (κ1) is 20.1. The molecule has 0 bridgehead atoms. The van der Waals surface area contributed by atoms with Crippen LogP contribution in [-0.4, -0.2) is 15.9 Å². The minimum absolute atomic E-state index is 0.276. The zero-order valence-electron chi connectivity index (χ0n) is 17.6. The number of amides is 1. The van der Waals surface area contributed by atoms with Crippen molar-refractivity contribution in [2.45, 2.75) is 0 Å². The van der Waals surface area contributed by atoms with Gasteiger partial charge in [0.15, 0.2) is 0 Å². The van der Waals surface area contributed by atoms with Gasteiger partial charge in [0.1, 0.15) is 0 Å². The number of carbonyl (C=O) groups is 1. The lowest BCUT2D eigenvalue weighted by atomic mass is 10.0. The molecule has 0 spiro atoms. The molecule has 5 heteroatoms. The van der Waals surface area contributed by atoms with Gasteiger partial charge in [0, 0.05) is 22.4 Å². The summed E-state index contributed by atoms with van der Waals surface area (Å²) in [7, 11) is 0. The first-order chi connectivity index (χ1) is 16.2. The molecule has 0 saturated carbocycles. The normalized spacial score (nSPS) is 10.5. The Morgan fingerprint density at radius 1 is 0.697 bits per heavy atom. The zero-order valence-corrected chi connectivity index (χ0v) is 17.6.